The van der Waals surface area contributed by atoms with Crippen molar-refractivity contribution in [2.24, 2.45) is 46.3 Å². The molecule has 0 amide bonds. The van der Waals surface area contributed by atoms with Gasteiger partial charge in [0, 0.05) is 31.3 Å². The first-order valence-electron chi connectivity index (χ1n) is 13.6. The molecule has 3 fully saturated rings. The molecule has 3 nitrogen and oxygen atoms in total. The van der Waals surface area contributed by atoms with Gasteiger partial charge in [-0.3, -0.25) is 9.59 Å². The van der Waals surface area contributed by atoms with Gasteiger partial charge in [-0.2, -0.15) is 0 Å². The van der Waals surface area contributed by atoms with Crippen molar-refractivity contribution >= 4 is 11.6 Å². The Balaban J connectivity index is 1.68. The Morgan fingerprint density at radius 3 is 2.38 bits per heavy atom. The molecule has 0 unspecified atom stereocenters. The van der Waals surface area contributed by atoms with Crippen molar-refractivity contribution < 1.29 is 14.3 Å². The molecule has 8 atom stereocenters. The number of methoxy groups -OCH3 is 1. The largest absolute Gasteiger partial charge is 0.381 e. The van der Waals surface area contributed by atoms with Gasteiger partial charge in [-0.05, 0) is 80.0 Å². The van der Waals surface area contributed by atoms with Crippen LogP contribution < -0.4 is 0 Å². The molecule has 3 aliphatic rings. The summed E-state index contributed by atoms with van der Waals surface area (Å²) in [6, 6.07) is 0. The second-order valence-electron chi connectivity index (χ2n) is 12.7. The molecule has 3 saturated carbocycles. The molecule has 0 spiro atoms. The number of hydrogen-bond acceptors (Lipinski definition) is 3. The number of carbonyl (C=O) groups excluding carboxylic acids is 2. The fourth-order valence-electron chi connectivity index (χ4n) is 7.69. The fraction of sp³-hybridized carbons (Fsp3) is 0.931. The molecule has 0 N–H and O–H groups in total. The lowest BCUT2D eigenvalue weighted by molar-refractivity contribution is -0.141. The smallest absolute Gasteiger partial charge is 0.139 e. The zero-order valence-electron chi connectivity index (χ0n) is 22.0. The Kier molecular flexibility index (Phi) is 8.33. The van der Waals surface area contributed by atoms with E-state index in [1.807, 2.05) is 7.11 Å². The van der Waals surface area contributed by atoms with Crippen molar-refractivity contribution in [1.82, 2.24) is 0 Å². The van der Waals surface area contributed by atoms with Crippen LogP contribution in [-0.4, -0.2) is 24.8 Å². The third-order valence-corrected chi connectivity index (χ3v) is 10.7. The first kappa shape index (κ1) is 25.9. The average Bonchev–Trinajstić information content (AvgIpc) is 3.05. The summed E-state index contributed by atoms with van der Waals surface area (Å²) in [6.07, 6.45) is 11.4. The summed E-state index contributed by atoms with van der Waals surface area (Å²) in [5.41, 5.74) is -0.149. The molecule has 184 valence electrons. The van der Waals surface area contributed by atoms with Crippen LogP contribution in [0.2, 0.25) is 0 Å². The van der Waals surface area contributed by atoms with E-state index in [-0.39, 0.29) is 16.7 Å². The van der Waals surface area contributed by atoms with E-state index in [1.54, 1.807) is 0 Å². The Morgan fingerprint density at radius 1 is 1.00 bits per heavy atom. The van der Waals surface area contributed by atoms with Crippen molar-refractivity contribution in [2.75, 3.05) is 7.11 Å². The Morgan fingerprint density at radius 2 is 1.72 bits per heavy atom. The molecule has 3 heteroatoms. The number of ketones is 2. The molecule has 0 bridgehead atoms. The van der Waals surface area contributed by atoms with Crippen molar-refractivity contribution in [3.63, 3.8) is 0 Å². The normalized spacial score (nSPS) is 39.9. The predicted molar refractivity (Wildman–Crippen MR) is 131 cm³/mol. The minimum Gasteiger partial charge on any atom is -0.381 e. The molecule has 3 aliphatic carbocycles. The number of carbonyl (C=O) groups is 2. The molecule has 3 rings (SSSR count). The molecule has 0 saturated heterocycles. The van der Waals surface area contributed by atoms with Crippen LogP contribution >= 0.6 is 0 Å². The first-order chi connectivity index (χ1) is 15.0. The third-order valence-electron chi connectivity index (χ3n) is 10.7. The van der Waals surface area contributed by atoms with Crippen LogP contribution in [0.15, 0.2) is 0 Å². The van der Waals surface area contributed by atoms with Gasteiger partial charge in [-0.1, -0.05) is 54.4 Å². The van der Waals surface area contributed by atoms with Gasteiger partial charge in [0.15, 0.2) is 0 Å². The van der Waals surface area contributed by atoms with Crippen molar-refractivity contribution in [1.29, 1.82) is 0 Å². The highest BCUT2D eigenvalue weighted by Crippen LogP contribution is 2.56. The lowest BCUT2D eigenvalue weighted by Crippen LogP contribution is -2.49. The lowest BCUT2D eigenvalue weighted by Gasteiger charge is -2.52. The summed E-state index contributed by atoms with van der Waals surface area (Å²) in [7, 11) is 1.83. The van der Waals surface area contributed by atoms with Crippen LogP contribution in [0.1, 0.15) is 112 Å². The monoisotopic (exact) mass is 446 g/mol. The molecule has 0 aromatic carbocycles. The lowest BCUT2D eigenvalue weighted by atomic mass is 9.53. The highest BCUT2D eigenvalue weighted by Gasteiger charge is 2.53. The Hall–Kier alpha value is -0.700. The van der Waals surface area contributed by atoms with Crippen LogP contribution in [0.5, 0.6) is 0 Å². The van der Waals surface area contributed by atoms with Crippen molar-refractivity contribution in [3.8, 4) is 0 Å². The van der Waals surface area contributed by atoms with E-state index in [2.05, 4.69) is 41.5 Å². The van der Waals surface area contributed by atoms with Gasteiger partial charge in [0.05, 0.1) is 6.10 Å². The highest BCUT2D eigenvalue weighted by atomic mass is 16.5. The van der Waals surface area contributed by atoms with Gasteiger partial charge in [0.2, 0.25) is 0 Å². The van der Waals surface area contributed by atoms with Gasteiger partial charge in [-0.25, -0.2) is 0 Å². The second kappa shape index (κ2) is 10.3. The van der Waals surface area contributed by atoms with Crippen LogP contribution in [0.3, 0.4) is 0 Å². The van der Waals surface area contributed by atoms with Gasteiger partial charge >= 0.3 is 0 Å². The summed E-state index contributed by atoms with van der Waals surface area (Å²) < 4.78 is 5.68. The van der Waals surface area contributed by atoms with Gasteiger partial charge in [0.1, 0.15) is 11.6 Å². The summed E-state index contributed by atoms with van der Waals surface area (Å²) in [6.45, 7) is 14.0. The molecule has 0 aromatic heterocycles. The van der Waals surface area contributed by atoms with E-state index in [4.69, 9.17) is 4.74 Å². The van der Waals surface area contributed by atoms with E-state index in [0.29, 0.717) is 35.4 Å². The number of ether oxygens (including phenoxy) is 1. The minimum atomic E-state index is -0.242. The third kappa shape index (κ3) is 5.03. The van der Waals surface area contributed by atoms with E-state index in [1.165, 1.54) is 12.8 Å². The number of fused-ring (bicyclic) bond motifs is 1. The van der Waals surface area contributed by atoms with Gasteiger partial charge in [0.25, 0.3) is 0 Å². The predicted octanol–water partition coefficient (Wildman–Crippen LogP) is 7.26. The van der Waals surface area contributed by atoms with Crippen molar-refractivity contribution in [2.45, 2.75) is 118 Å². The van der Waals surface area contributed by atoms with Gasteiger partial charge < -0.3 is 4.74 Å². The second-order valence-corrected chi connectivity index (χ2v) is 12.7. The highest BCUT2D eigenvalue weighted by molar-refractivity contribution is 5.87. The van der Waals surface area contributed by atoms with Crippen LogP contribution in [-0.2, 0) is 14.3 Å². The molecule has 0 heterocycles. The first-order valence-corrected chi connectivity index (χ1v) is 13.6. The maximum atomic E-state index is 13.2. The van der Waals surface area contributed by atoms with Gasteiger partial charge in [-0.15, -0.1) is 0 Å². The SMILES string of the molecule is CO[C@H]1CC[C@@]2(C)[C@@H](CCC(=O)[C@@H]2CC[C@@]2(C)C(=O)CC[C@@H]2[C@H](C)CC[C@@H](C)C(C)C)C1. The molecular weight excluding hydrogens is 396 g/mol. The quantitative estimate of drug-likeness (QED) is 0.374. The maximum absolute atomic E-state index is 13.2. The van der Waals surface area contributed by atoms with E-state index >= 15 is 0 Å². The van der Waals surface area contributed by atoms with E-state index in [0.717, 1.165) is 69.6 Å². The van der Waals surface area contributed by atoms with E-state index < -0.39 is 0 Å². The topological polar surface area (TPSA) is 43.4 Å². The van der Waals surface area contributed by atoms with Crippen molar-refractivity contribution in [3.05, 3.63) is 0 Å². The Bertz CT molecular complexity index is 669. The van der Waals surface area contributed by atoms with Crippen LogP contribution in [0.25, 0.3) is 0 Å². The molecule has 0 radical (unpaired) electrons. The number of Topliss-reactive ketones (excluding diaryl/α,β-unsaturated/α-hetero) is 2. The summed E-state index contributed by atoms with van der Waals surface area (Å²) in [5, 5.41) is 0. The molecule has 0 aliphatic heterocycles. The zero-order valence-corrected chi connectivity index (χ0v) is 22.0. The summed E-state index contributed by atoms with van der Waals surface area (Å²) >= 11 is 0. The number of hydrogen-bond donors (Lipinski definition) is 0. The minimum absolute atomic E-state index is 0.0934. The number of rotatable bonds is 9. The maximum Gasteiger partial charge on any atom is 0.139 e. The van der Waals surface area contributed by atoms with Crippen LogP contribution in [0, 0.1) is 46.3 Å². The van der Waals surface area contributed by atoms with Crippen LogP contribution in [0.4, 0.5) is 0 Å². The summed E-state index contributed by atoms with van der Waals surface area (Å²) in [4.78, 5) is 26.3. The zero-order chi connectivity index (χ0) is 23.7. The average molecular weight is 447 g/mol. The van der Waals surface area contributed by atoms with E-state index in [9.17, 15) is 9.59 Å². The standard InChI is InChI=1S/C29H50O3/c1-19(2)20(3)8-9-21(4)24-11-13-27(31)29(24,6)17-15-25-26(30)12-10-22-18-23(32-7)14-16-28(22,25)5/h19-25H,8-18H2,1-7H3/t20-,21-,22+,23+,24-,25+,28+,29-/m1/s1. The Labute approximate surface area is 197 Å². The molecule has 32 heavy (non-hydrogen) atoms. The fourth-order valence-corrected chi connectivity index (χ4v) is 7.69. The summed E-state index contributed by atoms with van der Waals surface area (Å²) in [5.74, 6) is 4.14. The molecule has 0 aromatic rings. The molecular formula is C29H50O3.